The summed E-state index contributed by atoms with van der Waals surface area (Å²) in [6, 6.07) is 21.2. The third-order valence-corrected chi connectivity index (χ3v) is 11.3. The fraction of sp³-hybridized carbons (Fsp3) is 0.517. The van der Waals surface area contributed by atoms with Crippen molar-refractivity contribution in [2.24, 2.45) is 0 Å². The Morgan fingerprint density at radius 3 is 2.09 bits per heavy atom. The molecule has 2 nitrogen and oxygen atoms in total. The predicted molar refractivity (Wildman–Crippen MR) is 146 cm³/mol. The topological polar surface area (TPSA) is 18.5 Å². The monoisotopic (exact) mass is 530 g/mol. The fourth-order valence-electron chi connectivity index (χ4n) is 4.09. The molecular formula is C29H42O2SeSi. The quantitative estimate of drug-likeness (QED) is 0.187. The molecule has 0 heterocycles. The molecule has 180 valence electrons. The summed E-state index contributed by atoms with van der Waals surface area (Å²) < 4.78 is 14.1. The van der Waals surface area contributed by atoms with Gasteiger partial charge in [-0.2, -0.15) is 0 Å². The SMILES string of the molecule is CC(C)(C)[SiH](OC(C#CCCOCc1ccccc1)CCC[Se]c1ccccc1)C(C)(C)C. The zero-order valence-electron chi connectivity index (χ0n) is 21.4. The molecule has 0 aliphatic heterocycles. The minimum absolute atomic E-state index is 0.0285. The molecule has 0 radical (unpaired) electrons. The van der Waals surface area contributed by atoms with Gasteiger partial charge >= 0.3 is 193 Å². The molecule has 0 aromatic heterocycles. The van der Waals surface area contributed by atoms with Crippen LogP contribution in [-0.2, 0) is 15.8 Å². The van der Waals surface area contributed by atoms with Crippen LogP contribution in [0.1, 0.15) is 66.4 Å². The molecule has 0 fully saturated rings. The predicted octanol–water partition coefficient (Wildman–Crippen LogP) is 6.53. The molecule has 4 heteroatoms. The second-order valence-corrected chi connectivity index (χ2v) is 17.6. The Bertz CT molecular complexity index is 830. The van der Waals surface area contributed by atoms with Gasteiger partial charge in [-0.3, -0.25) is 0 Å². The first kappa shape index (κ1) is 27.9. The van der Waals surface area contributed by atoms with Crippen molar-refractivity contribution in [3.63, 3.8) is 0 Å². The van der Waals surface area contributed by atoms with Gasteiger partial charge in [0.05, 0.1) is 0 Å². The van der Waals surface area contributed by atoms with Crippen molar-refractivity contribution in [2.45, 2.75) is 88.9 Å². The summed E-state index contributed by atoms with van der Waals surface area (Å²) in [4.78, 5) is 0. The molecule has 0 bridgehead atoms. The van der Waals surface area contributed by atoms with Gasteiger partial charge in [-0.15, -0.1) is 0 Å². The van der Waals surface area contributed by atoms with Gasteiger partial charge in [0.15, 0.2) is 0 Å². The molecule has 2 aromatic rings. The third-order valence-electron chi connectivity index (χ3n) is 5.24. The number of hydrogen-bond acceptors (Lipinski definition) is 2. The summed E-state index contributed by atoms with van der Waals surface area (Å²) in [7, 11) is -1.51. The van der Waals surface area contributed by atoms with E-state index in [1.165, 1.54) is 15.3 Å². The van der Waals surface area contributed by atoms with Gasteiger partial charge in [0.25, 0.3) is 0 Å². The molecular weight excluding hydrogens is 487 g/mol. The second-order valence-electron chi connectivity index (χ2n) is 10.6. The van der Waals surface area contributed by atoms with Gasteiger partial charge in [0.1, 0.15) is 0 Å². The van der Waals surface area contributed by atoms with Crippen molar-refractivity contribution in [3.8, 4) is 11.8 Å². The molecule has 0 aliphatic rings. The van der Waals surface area contributed by atoms with Crippen LogP contribution < -0.4 is 4.46 Å². The molecule has 1 atom stereocenters. The Kier molecular flexibility index (Phi) is 12.0. The van der Waals surface area contributed by atoms with Crippen molar-refractivity contribution in [2.75, 3.05) is 6.61 Å². The normalized spacial score (nSPS) is 12.9. The van der Waals surface area contributed by atoms with Crippen LogP contribution in [0.5, 0.6) is 0 Å². The van der Waals surface area contributed by atoms with Gasteiger partial charge in [0.2, 0.25) is 0 Å². The van der Waals surface area contributed by atoms with Gasteiger partial charge in [-0.05, 0) is 0 Å². The van der Waals surface area contributed by atoms with Crippen molar-refractivity contribution in [1.29, 1.82) is 0 Å². The van der Waals surface area contributed by atoms with Crippen molar-refractivity contribution < 1.29 is 9.16 Å². The summed E-state index contributed by atoms with van der Waals surface area (Å²) >= 11 is 0.523. The van der Waals surface area contributed by atoms with E-state index in [9.17, 15) is 0 Å². The Balaban J connectivity index is 1.90. The van der Waals surface area contributed by atoms with Crippen LogP contribution in [-0.4, -0.2) is 36.7 Å². The van der Waals surface area contributed by atoms with Gasteiger partial charge in [0, 0.05) is 0 Å². The zero-order valence-corrected chi connectivity index (χ0v) is 24.3. The standard InChI is InChI=1S/C29H42O2SeSi/c1-28(2,3)33(29(4,5)6)31-26(19-15-23-32-27-20-11-8-12-21-27)18-13-14-22-30-24-25-16-9-7-10-17-25/h7-12,16-17,20-21,26,33H,14-15,19,22-24H2,1-6H3. The molecule has 2 rings (SSSR count). The van der Waals surface area contributed by atoms with Crippen molar-refractivity contribution in [1.82, 2.24) is 0 Å². The molecule has 0 aliphatic carbocycles. The number of rotatable bonds is 11. The molecule has 0 N–H and O–H groups in total. The van der Waals surface area contributed by atoms with E-state index in [4.69, 9.17) is 9.16 Å². The van der Waals surface area contributed by atoms with E-state index in [2.05, 4.69) is 95.8 Å². The average molecular weight is 530 g/mol. The number of ether oxygens (including phenoxy) is 1. The first-order chi connectivity index (χ1) is 15.7. The van der Waals surface area contributed by atoms with E-state index in [1.54, 1.807) is 0 Å². The van der Waals surface area contributed by atoms with E-state index in [1.807, 2.05) is 18.2 Å². The van der Waals surface area contributed by atoms with Crippen molar-refractivity contribution >= 4 is 28.5 Å². The summed E-state index contributed by atoms with van der Waals surface area (Å²) in [5.74, 6) is 6.85. The third kappa shape index (κ3) is 11.6. The second kappa shape index (κ2) is 14.1. The van der Waals surface area contributed by atoms with Crippen LogP contribution in [0.15, 0.2) is 60.7 Å². The Morgan fingerprint density at radius 2 is 1.48 bits per heavy atom. The van der Waals surface area contributed by atoms with Crippen LogP contribution in [0, 0.1) is 11.8 Å². The van der Waals surface area contributed by atoms with Crippen molar-refractivity contribution in [3.05, 3.63) is 66.2 Å². The van der Waals surface area contributed by atoms with Gasteiger partial charge in [-0.1, -0.05) is 18.2 Å². The Morgan fingerprint density at radius 1 is 0.879 bits per heavy atom. The van der Waals surface area contributed by atoms with E-state index in [0.717, 1.165) is 19.3 Å². The number of hydrogen-bond donors (Lipinski definition) is 0. The van der Waals surface area contributed by atoms with Crippen LogP contribution in [0.3, 0.4) is 0 Å². The summed E-state index contributed by atoms with van der Waals surface area (Å²) in [5, 5.41) is 1.63. The summed E-state index contributed by atoms with van der Waals surface area (Å²) in [6.45, 7) is 15.3. The molecule has 0 spiro atoms. The van der Waals surface area contributed by atoms with Crippen LogP contribution in [0.25, 0.3) is 0 Å². The number of benzene rings is 2. The zero-order chi connectivity index (χ0) is 24.2. The summed E-state index contributed by atoms with van der Waals surface area (Å²) in [6.07, 6.45) is 2.95. The molecule has 0 saturated carbocycles. The van der Waals surface area contributed by atoms with Gasteiger partial charge < -0.3 is 0 Å². The van der Waals surface area contributed by atoms with Crippen LogP contribution >= 0.6 is 0 Å². The first-order valence-electron chi connectivity index (χ1n) is 12.1. The first-order valence-corrected chi connectivity index (χ1v) is 15.8. The maximum atomic E-state index is 6.84. The van der Waals surface area contributed by atoms with E-state index >= 15 is 0 Å². The Labute approximate surface area is 210 Å². The molecule has 33 heavy (non-hydrogen) atoms. The van der Waals surface area contributed by atoms with Crippen LogP contribution in [0.2, 0.25) is 15.4 Å². The Hall–Kier alpha value is -1.34. The van der Waals surface area contributed by atoms with E-state index < -0.39 is 9.04 Å². The van der Waals surface area contributed by atoms with Crippen LogP contribution in [0.4, 0.5) is 0 Å². The fourth-order valence-corrected chi connectivity index (χ4v) is 9.92. The summed E-state index contributed by atoms with van der Waals surface area (Å²) in [5.41, 5.74) is 1.20. The molecule has 0 amide bonds. The molecule has 2 aromatic carbocycles. The molecule has 0 saturated heterocycles. The maximum absolute atomic E-state index is 6.84. The van der Waals surface area contributed by atoms with Gasteiger partial charge in [-0.25, -0.2) is 0 Å². The van der Waals surface area contributed by atoms with E-state index in [-0.39, 0.29) is 16.2 Å². The minimum atomic E-state index is -1.51. The van der Waals surface area contributed by atoms with E-state index in [0.29, 0.717) is 28.2 Å². The average Bonchev–Trinajstić information content (AvgIpc) is 2.76. The molecule has 1 unspecified atom stereocenters.